The molecule has 0 N–H and O–H groups in total. The standard InChI is InChI=1S/C20H21N5O/c26-20(17-11-6-3-7-12-17)24-14-8-13-18(15-24)25-22-19(21-23-25)16-9-4-1-2-5-10-16/h1-4,6-7,9-12,18H,5,8,13-15H2. The molecule has 1 aliphatic carbocycles. The monoisotopic (exact) mass is 347 g/mol. The van der Waals surface area contributed by atoms with E-state index >= 15 is 0 Å². The minimum absolute atomic E-state index is 0.0612. The molecule has 132 valence electrons. The van der Waals surface area contributed by atoms with Gasteiger partial charge >= 0.3 is 0 Å². The number of hydrogen-bond acceptors (Lipinski definition) is 4. The van der Waals surface area contributed by atoms with E-state index in [0.29, 0.717) is 12.4 Å². The van der Waals surface area contributed by atoms with Crippen molar-refractivity contribution in [3.05, 3.63) is 72.1 Å². The van der Waals surface area contributed by atoms with Gasteiger partial charge in [-0.05, 0) is 36.6 Å². The van der Waals surface area contributed by atoms with E-state index in [4.69, 9.17) is 0 Å². The molecule has 1 aromatic heterocycles. The lowest BCUT2D eigenvalue weighted by atomic mass is 10.0. The van der Waals surface area contributed by atoms with Gasteiger partial charge in [-0.2, -0.15) is 4.80 Å². The molecule has 2 heterocycles. The van der Waals surface area contributed by atoms with Crippen LogP contribution >= 0.6 is 0 Å². The predicted molar refractivity (Wildman–Crippen MR) is 99.3 cm³/mol. The molecular formula is C20H21N5O. The Labute approximate surface area is 152 Å². The van der Waals surface area contributed by atoms with Crippen LogP contribution in [0.4, 0.5) is 0 Å². The Morgan fingerprint density at radius 3 is 2.92 bits per heavy atom. The highest BCUT2D eigenvalue weighted by molar-refractivity contribution is 5.94. The maximum atomic E-state index is 12.7. The number of rotatable bonds is 3. The highest BCUT2D eigenvalue weighted by Gasteiger charge is 2.27. The fourth-order valence-electron chi connectivity index (χ4n) is 3.33. The molecule has 0 spiro atoms. The van der Waals surface area contributed by atoms with Crippen LogP contribution in [0.3, 0.4) is 0 Å². The van der Waals surface area contributed by atoms with Gasteiger partial charge in [-0.15, -0.1) is 10.2 Å². The van der Waals surface area contributed by atoms with E-state index in [1.165, 1.54) is 0 Å². The highest BCUT2D eigenvalue weighted by Crippen LogP contribution is 2.22. The first-order chi connectivity index (χ1) is 12.8. The summed E-state index contributed by atoms with van der Waals surface area (Å²) in [6.45, 7) is 1.38. The summed E-state index contributed by atoms with van der Waals surface area (Å²) in [4.78, 5) is 16.3. The molecule has 4 rings (SSSR count). The third kappa shape index (κ3) is 3.49. The highest BCUT2D eigenvalue weighted by atomic mass is 16.2. The summed E-state index contributed by atoms with van der Waals surface area (Å²) in [5.74, 6) is 0.701. The first-order valence-electron chi connectivity index (χ1n) is 8.99. The molecule has 0 saturated carbocycles. The Morgan fingerprint density at radius 1 is 1.15 bits per heavy atom. The van der Waals surface area contributed by atoms with E-state index in [0.717, 1.165) is 36.9 Å². The zero-order valence-corrected chi connectivity index (χ0v) is 14.5. The summed E-state index contributed by atoms with van der Waals surface area (Å²) >= 11 is 0. The number of nitrogens with zero attached hydrogens (tertiary/aromatic N) is 5. The lowest BCUT2D eigenvalue weighted by Crippen LogP contribution is -2.41. The topological polar surface area (TPSA) is 63.9 Å². The second-order valence-electron chi connectivity index (χ2n) is 6.53. The lowest BCUT2D eigenvalue weighted by Gasteiger charge is -2.31. The number of amides is 1. The van der Waals surface area contributed by atoms with Gasteiger partial charge in [-0.25, -0.2) is 0 Å². The van der Waals surface area contributed by atoms with Crippen molar-refractivity contribution in [1.29, 1.82) is 0 Å². The smallest absolute Gasteiger partial charge is 0.253 e. The fraction of sp³-hybridized carbons (Fsp3) is 0.300. The summed E-state index contributed by atoms with van der Waals surface area (Å²) in [7, 11) is 0. The summed E-state index contributed by atoms with van der Waals surface area (Å²) in [6, 6.07) is 9.48. The van der Waals surface area contributed by atoms with Crippen LogP contribution in [0.5, 0.6) is 0 Å². The lowest BCUT2D eigenvalue weighted by molar-refractivity contribution is 0.0663. The SMILES string of the molecule is O=C(c1ccccc1)N1CCCC(n2nnc(C3=CCC=CC=C3)n2)C1. The van der Waals surface area contributed by atoms with Crippen LogP contribution in [0.1, 0.15) is 41.5 Å². The largest absolute Gasteiger partial charge is 0.336 e. The molecule has 1 amide bonds. The van der Waals surface area contributed by atoms with Crippen LogP contribution in [0.2, 0.25) is 0 Å². The Morgan fingerprint density at radius 2 is 2.04 bits per heavy atom. The summed E-state index contributed by atoms with van der Waals surface area (Å²) in [5, 5.41) is 13.0. The van der Waals surface area contributed by atoms with Crippen molar-refractivity contribution in [2.24, 2.45) is 0 Å². The van der Waals surface area contributed by atoms with Gasteiger partial charge in [0.1, 0.15) is 0 Å². The zero-order valence-electron chi connectivity index (χ0n) is 14.5. The van der Waals surface area contributed by atoms with Gasteiger partial charge in [-0.1, -0.05) is 48.6 Å². The van der Waals surface area contributed by atoms with Crippen molar-refractivity contribution in [2.45, 2.75) is 25.3 Å². The molecule has 6 nitrogen and oxygen atoms in total. The number of likely N-dealkylation sites (tertiary alicyclic amines) is 1. The van der Waals surface area contributed by atoms with Crippen molar-refractivity contribution >= 4 is 11.5 Å². The van der Waals surface area contributed by atoms with E-state index < -0.39 is 0 Å². The van der Waals surface area contributed by atoms with Crippen molar-refractivity contribution < 1.29 is 4.79 Å². The number of piperidine rings is 1. The first kappa shape index (κ1) is 16.4. The molecule has 1 aromatic carbocycles. The predicted octanol–water partition coefficient (Wildman–Crippen LogP) is 3.05. The Bertz CT molecular complexity index is 865. The third-order valence-electron chi connectivity index (χ3n) is 4.71. The average Bonchev–Trinajstić information content (AvgIpc) is 3.04. The molecule has 1 unspecified atom stereocenters. The number of aromatic nitrogens is 4. The molecule has 0 radical (unpaired) electrons. The fourth-order valence-corrected chi connectivity index (χ4v) is 3.33. The molecule has 1 atom stereocenters. The first-order valence-corrected chi connectivity index (χ1v) is 8.99. The number of carbonyl (C=O) groups is 1. The third-order valence-corrected chi connectivity index (χ3v) is 4.71. The van der Waals surface area contributed by atoms with Crippen molar-refractivity contribution in [1.82, 2.24) is 25.1 Å². The van der Waals surface area contributed by atoms with Crippen LogP contribution in [-0.4, -0.2) is 44.1 Å². The molecule has 1 saturated heterocycles. The zero-order chi connectivity index (χ0) is 17.8. The quantitative estimate of drug-likeness (QED) is 0.856. The number of benzene rings is 1. The van der Waals surface area contributed by atoms with Crippen LogP contribution < -0.4 is 0 Å². The van der Waals surface area contributed by atoms with E-state index in [1.54, 1.807) is 4.80 Å². The molecule has 2 aromatic rings. The molecule has 6 heteroatoms. The maximum absolute atomic E-state index is 12.7. The van der Waals surface area contributed by atoms with Crippen LogP contribution in [0.15, 0.2) is 60.7 Å². The summed E-state index contributed by atoms with van der Waals surface area (Å²) < 4.78 is 0. The van der Waals surface area contributed by atoms with Gasteiger partial charge in [0.05, 0.1) is 6.04 Å². The van der Waals surface area contributed by atoms with Gasteiger partial charge < -0.3 is 4.90 Å². The number of carbonyl (C=O) groups excluding carboxylic acids is 1. The Balaban J connectivity index is 1.48. The van der Waals surface area contributed by atoms with Crippen LogP contribution in [0, 0.1) is 0 Å². The van der Waals surface area contributed by atoms with Gasteiger partial charge in [0.25, 0.3) is 5.91 Å². The maximum Gasteiger partial charge on any atom is 0.253 e. The molecule has 1 fully saturated rings. The van der Waals surface area contributed by atoms with Gasteiger partial charge in [0, 0.05) is 24.2 Å². The van der Waals surface area contributed by atoms with Crippen molar-refractivity contribution in [2.75, 3.05) is 13.1 Å². The minimum atomic E-state index is 0.0612. The van der Waals surface area contributed by atoms with E-state index in [9.17, 15) is 4.79 Å². The van der Waals surface area contributed by atoms with Gasteiger partial charge in [-0.3, -0.25) is 4.79 Å². The summed E-state index contributed by atoms with van der Waals surface area (Å²) in [5.41, 5.74) is 1.70. The van der Waals surface area contributed by atoms with Gasteiger partial charge in [0.15, 0.2) is 0 Å². The number of tetrazole rings is 1. The molecular weight excluding hydrogens is 326 g/mol. The molecule has 1 aliphatic heterocycles. The van der Waals surface area contributed by atoms with E-state index in [-0.39, 0.29) is 11.9 Å². The minimum Gasteiger partial charge on any atom is -0.336 e. The normalized spacial score (nSPS) is 19.9. The number of allylic oxidation sites excluding steroid dienone is 6. The second-order valence-corrected chi connectivity index (χ2v) is 6.53. The molecule has 2 aliphatic rings. The average molecular weight is 347 g/mol. The van der Waals surface area contributed by atoms with Crippen LogP contribution in [-0.2, 0) is 0 Å². The number of hydrogen-bond donors (Lipinski definition) is 0. The second kappa shape index (κ2) is 7.47. The van der Waals surface area contributed by atoms with Crippen molar-refractivity contribution in [3.63, 3.8) is 0 Å². The Kier molecular flexibility index (Phi) is 4.73. The summed E-state index contributed by atoms with van der Waals surface area (Å²) in [6.07, 6.45) is 12.9. The van der Waals surface area contributed by atoms with Crippen LogP contribution in [0.25, 0.3) is 5.57 Å². The van der Waals surface area contributed by atoms with E-state index in [1.807, 2.05) is 53.5 Å². The molecule has 26 heavy (non-hydrogen) atoms. The van der Waals surface area contributed by atoms with Gasteiger partial charge in [0.2, 0.25) is 5.82 Å². The Hall–Kier alpha value is -3.02. The van der Waals surface area contributed by atoms with E-state index in [2.05, 4.69) is 27.6 Å². The van der Waals surface area contributed by atoms with Crippen molar-refractivity contribution in [3.8, 4) is 0 Å². The molecule has 0 bridgehead atoms.